The minimum absolute atomic E-state index is 0.178. The minimum atomic E-state index is -3.57. The third-order valence-corrected chi connectivity index (χ3v) is 5.57. The highest BCUT2D eigenvalue weighted by Gasteiger charge is 2.18. The lowest BCUT2D eigenvalue weighted by atomic mass is 10.2. The molecule has 1 N–H and O–H groups in total. The second-order valence-corrected chi connectivity index (χ2v) is 7.89. The molecule has 1 atom stereocenters. The van der Waals surface area contributed by atoms with E-state index in [1.807, 2.05) is 0 Å². The van der Waals surface area contributed by atoms with Gasteiger partial charge in [0.25, 0.3) is 0 Å². The fourth-order valence-corrected chi connectivity index (χ4v) is 3.85. The number of hydrogen-bond acceptors (Lipinski definition) is 6. The van der Waals surface area contributed by atoms with Crippen LogP contribution in [0.15, 0.2) is 23.1 Å². The van der Waals surface area contributed by atoms with E-state index in [0.29, 0.717) is 50.9 Å². The molecule has 25 heavy (non-hydrogen) atoms. The first kappa shape index (κ1) is 18.4. The summed E-state index contributed by atoms with van der Waals surface area (Å²) in [6.45, 7) is 3.30. The fraction of sp³-hybridized carbons (Fsp3) is 0.647. The van der Waals surface area contributed by atoms with Gasteiger partial charge in [-0.1, -0.05) is 0 Å². The Morgan fingerprint density at radius 3 is 2.76 bits per heavy atom. The second kappa shape index (κ2) is 8.84. The predicted octanol–water partition coefficient (Wildman–Crippen LogP) is 1.71. The van der Waals surface area contributed by atoms with Crippen LogP contribution in [0.1, 0.15) is 25.7 Å². The Hall–Kier alpha value is -1.35. The fourth-order valence-electron chi connectivity index (χ4n) is 2.77. The van der Waals surface area contributed by atoms with Crippen molar-refractivity contribution in [2.75, 3.05) is 39.6 Å². The molecule has 140 valence electrons. The Bertz CT molecular complexity index is 657. The van der Waals surface area contributed by atoms with Gasteiger partial charge in [0, 0.05) is 32.2 Å². The molecule has 0 radical (unpaired) electrons. The molecule has 0 spiro atoms. The molecule has 3 rings (SSSR count). The van der Waals surface area contributed by atoms with Crippen molar-refractivity contribution in [2.24, 2.45) is 0 Å². The number of hydrogen-bond donors (Lipinski definition) is 1. The van der Waals surface area contributed by atoms with Gasteiger partial charge in [-0.2, -0.15) is 0 Å². The van der Waals surface area contributed by atoms with Gasteiger partial charge in [-0.05, 0) is 31.4 Å². The van der Waals surface area contributed by atoms with Crippen LogP contribution in [0.5, 0.6) is 11.5 Å². The molecule has 1 aromatic rings. The normalized spacial score (nSPS) is 20.4. The summed E-state index contributed by atoms with van der Waals surface area (Å²) in [5.74, 6) is 1.05. The van der Waals surface area contributed by atoms with Crippen molar-refractivity contribution in [3.8, 4) is 11.5 Å². The average Bonchev–Trinajstić information content (AvgIpc) is 3.01. The van der Waals surface area contributed by atoms with E-state index >= 15 is 0 Å². The SMILES string of the molecule is O=S(=O)(NCCCOCC1CCCO1)c1ccc2c(c1)OCCCO2. The van der Waals surface area contributed by atoms with Crippen LogP contribution in [0.25, 0.3) is 0 Å². The monoisotopic (exact) mass is 371 g/mol. The largest absolute Gasteiger partial charge is 0.490 e. The minimum Gasteiger partial charge on any atom is -0.490 e. The molecule has 0 aliphatic carbocycles. The molecule has 8 heteroatoms. The molecule has 2 aliphatic rings. The van der Waals surface area contributed by atoms with Crippen LogP contribution < -0.4 is 14.2 Å². The zero-order chi connectivity index (χ0) is 17.5. The van der Waals surface area contributed by atoms with Gasteiger partial charge < -0.3 is 18.9 Å². The van der Waals surface area contributed by atoms with Crippen LogP contribution in [-0.2, 0) is 19.5 Å². The molecule has 2 heterocycles. The smallest absolute Gasteiger partial charge is 0.240 e. The van der Waals surface area contributed by atoms with Crippen LogP contribution in [0.4, 0.5) is 0 Å². The van der Waals surface area contributed by atoms with E-state index in [1.165, 1.54) is 12.1 Å². The first-order chi connectivity index (χ1) is 12.1. The summed E-state index contributed by atoms with van der Waals surface area (Å²) in [7, 11) is -3.57. The lowest BCUT2D eigenvalue weighted by molar-refractivity contribution is 0.0169. The molecule has 1 aromatic carbocycles. The molecular formula is C17H25NO6S. The molecule has 1 saturated heterocycles. The molecular weight excluding hydrogens is 346 g/mol. The third-order valence-electron chi connectivity index (χ3n) is 4.11. The zero-order valence-corrected chi connectivity index (χ0v) is 15.1. The Morgan fingerprint density at radius 2 is 1.96 bits per heavy atom. The lowest BCUT2D eigenvalue weighted by Crippen LogP contribution is -2.26. The Kier molecular flexibility index (Phi) is 6.52. The van der Waals surface area contributed by atoms with Gasteiger partial charge in [-0.15, -0.1) is 0 Å². The topological polar surface area (TPSA) is 83.1 Å². The summed E-state index contributed by atoms with van der Waals surface area (Å²) in [5, 5.41) is 0. The van der Waals surface area contributed by atoms with Crippen molar-refractivity contribution in [3.05, 3.63) is 18.2 Å². The molecule has 0 bridgehead atoms. The van der Waals surface area contributed by atoms with Crippen molar-refractivity contribution in [1.82, 2.24) is 4.72 Å². The summed E-state index contributed by atoms with van der Waals surface area (Å²) in [6, 6.07) is 4.68. The van der Waals surface area contributed by atoms with Crippen LogP contribution in [0.3, 0.4) is 0 Å². The van der Waals surface area contributed by atoms with Gasteiger partial charge in [0.15, 0.2) is 11.5 Å². The average molecular weight is 371 g/mol. The first-order valence-corrected chi connectivity index (χ1v) is 10.2. The quantitative estimate of drug-likeness (QED) is 0.701. The molecule has 1 fully saturated rings. The number of sulfonamides is 1. The maximum Gasteiger partial charge on any atom is 0.240 e. The summed E-state index contributed by atoms with van der Waals surface area (Å²) in [5.41, 5.74) is 0. The summed E-state index contributed by atoms with van der Waals surface area (Å²) >= 11 is 0. The molecule has 0 saturated carbocycles. The van der Waals surface area contributed by atoms with Gasteiger partial charge in [0.1, 0.15) is 0 Å². The van der Waals surface area contributed by atoms with Gasteiger partial charge in [0.2, 0.25) is 10.0 Å². The van der Waals surface area contributed by atoms with Crippen LogP contribution in [-0.4, -0.2) is 54.1 Å². The number of rotatable bonds is 8. The lowest BCUT2D eigenvalue weighted by Gasteiger charge is -2.12. The van der Waals surface area contributed by atoms with Gasteiger partial charge >= 0.3 is 0 Å². The Balaban J connectivity index is 1.44. The second-order valence-electron chi connectivity index (χ2n) is 6.12. The summed E-state index contributed by atoms with van der Waals surface area (Å²) < 4.78 is 49.4. The van der Waals surface area contributed by atoms with E-state index in [9.17, 15) is 8.42 Å². The van der Waals surface area contributed by atoms with Gasteiger partial charge in [0.05, 0.1) is 30.8 Å². The first-order valence-electron chi connectivity index (χ1n) is 8.74. The van der Waals surface area contributed by atoms with E-state index in [4.69, 9.17) is 18.9 Å². The molecule has 2 aliphatic heterocycles. The van der Waals surface area contributed by atoms with Crippen LogP contribution in [0, 0.1) is 0 Å². The maximum absolute atomic E-state index is 12.4. The van der Waals surface area contributed by atoms with E-state index in [2.05, 4.69) is 4.72 Å². The molecule has 0 amide bonds. The van der Waals surface area contributed by atoms with Crippen molar-refractivity contribution in [2.45, 2.75) is 36.7 Å². The van der Waals surface area contributed by atoms with Crippen LogP contribution >= 0.6 is 0 Å². The third kappa shape index (κ3) is 5.31. The molecule has 0 aromatic heterocycles. The summed E-state index contributed by atoms with van der Waals surface area (Å²) in [6.07, 6.45) is 3.70. The van der Waals surface area contributed by atoms with Crippen molar-refractivity contribution >= 4 is 10.0 Å². The maximum atomic E-state index is 12.4. The highest BCUT2D eigenvalue weighted by atomic mass is 32.2. The highest BCUT2D eigenvalue weighted by Crippen LogP contribution is 2.31. The van der Waals surface area contributed by atoms with Crippen molar-refractivity contribution in [1.29, 1.82) is 0 Å². The standard InChI is InChI=1S/C17H25NO6S/c19-25(20,18-7-2-8-21-13-14-4-1-9-22-14)15-5-6-16-17(12-15)24-11-3-10-23-16/h5-6,12,14,18H,1-4,7-11,13H2. The molecule has 1 unspecified atom stereocenters. The van der Waals surface area contributed by atoms with Gasteiger partial charge in [-0.3, -0.25) is 0 Å². The van der Waals surface area contributed by atoms with E-state index in [1.54, 1.807) is 6.07 Å². The van der Waals surface area contributed by atoms with E-state index in [-0.39, 0.29) is 11.0 Å². The number of ether oxygens (including phenoxy) is 4. The van der Waals surface area contributed by atoms with E-state index < -0.39 is 10.0 Å². The van der Waals surface area contributed by atoms with E-state index in [0.717, 1.165) is 25.9 Å². The number of nitrogens with one attached hydrogen (secondary N) is 1. The molecule has 7 nitrogen and oxygen atoms in total. The number of benzene rings is 1. The van der Waals surface area contributed by atoms with Crippen molar-refractivity contribution in [3.63, 3.8) is 0 Å². The van der Waals surface area contributed by atoms with Gasteiger partial charge in [-0.25, -0.2) is 13.1 Å². The number of fused-ring (bicyclic) bond motifs is 1. The predicted molar refractivity (Wildman–Crippen MR) is 91.6 cm³/mol. The Labute approximate surface area is 148 Å². The van der Waals surface area contributed by atoms with Crippen molar-refractivity contribution < 1.29 is 27.4 Å². The highest BCUT2D eigenvalue weighted by molar-refractivity contribution is 7.89. The van der Waals surface area contributed by atoms with Crippen LogP contribution in [0.2, 0.25) is 0 Å². The summed E-state index contributed by atoms with van der Waals surface area (Å²) in [4.78, 5) is 0.178. The Morgan fingerprint density at radius 1 is 1.12 bits per heavy atom. The zero-order valence-electron chi connectivity index (χ0n) is 14.2.